The van der Waals surface area contributed by atoms with Crippen molar-refractivity contribution in [3.05, 3.63) is 75.6 Å². The van der Waals surface area contributed by atoms with Gasteiger partial charge in [0.05, 0.1) is 11.3 Å². The smallest absolute Gasteiger partial charge is 0.335 e. The van der Waals surface area contributed by atoms with Crippen LogP contribution in [0.15, 0.2) is 58.6 Å². The summed E-state index contributed by atoms with van der Waals surface area (Å²) >= 11 is 0. The molecule has 0 unspecified atom stereocenters. The number of H-pyrrole nitrogens is 3. The number of carboxylic acids is 1. The number of carboxylic acid groups (broad SMARTS) is 1. The Morgan fingerprint density at radius 3 is 2.24 bits per heavy atom. The van der Waals surface area contributed by atoms with E-state index in [-0.39, 0.29) is 16.9 Å². The molecular weight excluding hydrogens is 276 g/mol. The Balaban J connectivity index is 0.000000225. The lowest BCUT2D eigenvalue weighted by molar-refractivity contribution is 0.0697. The van der Waals surface area contributed by atoms with Crippen LogP contribution in [0.5, 0.6) is 0 Å². The molecule has 3 aromatic rings. The molecular formula is C13H12N4O4. The Morgan fingerprint density at radius 1 is 1.05 bits per heavy atom. The fourth-order valence-electron chi connectivity index (χ4n) is 1.59. The lowest BCUT2D eigenvalue weighted by Crippen LogP contribution is -2.14. The molecule has 0 amide bonds. The standard InChI is InChI=1S/C10H8N2O3.C3H4N2O/c13-9(14)7-2-1-3-8(6-7)12-5-4-11-10(12)15;6-3-4-1-2-5-3/h1-6H,(H,11,15)(H,13,14);1-2H,(H2,4,5,6). The largest absolute Gasteiger partial charge is 0.478 e. The summed E-state index contributed by atoms with van der Waals surface area (Å²) in [6.45, 7) is 0. The van der Waals surface area contributed by atoms with Crippen molar-refractivity contribution in [3.63, 3.8) is 0 Å². The highest BCUT2D eigenvalue weighted by atomic mass is 16.4. The normalized spacial score (nSPS) is 9.71. The molecule has 0 aliphatic heterocycles. The van der Waals surface area contributed by atoms with Crippen molar-refractivity contribution in [2.45, 2.75) is 0 Å². The van der Waals surface area contributed by atoms with Crippen molar-refractivity contribution in [3.8, 4) is 5.69 Å². The molecule has 0 fully saturated rings. The molecule has 2 heterocycles. The zero-order chi connectivity index (χ0) is 15.2. The molecule has 2 aromatic heterocycles. The molecule has 0 spiro atoms. The Kier molecular flexibility index (Phi) is 4.20. The van der Waals surface area contributed by atoms with Gasteiger partial charge in [-0.25, -0.2) is 14.4 Å². The van der Waals surface area contributed by atoms with Gasteiger partial charge in [-0.1, -0.05) is 6.07 Å². The van der Waals surface area contributed by atoms with Gasteiger partial charge in [-0.05, 0) is 18.2 Å². The van der Waals surface area contributed by atoms with Gasteiger partial charge in [0.1, 0.15) is 0 Å². The molecule has 3 rings (SSSR count). The summed E-state index contributed by atoms with van der Waals surface area (Å²) in [5.74, 6) is -1.01. The highest BCUT2D eigenvalue weighted by Crippen LogP contribution is 2.08. The van der Waals surface area contributed by atoms with Crippen molar-refractivity contribution >= 4 is 5.97 Å². The number of carbonyl (C=O) groups is 1. The summed E-state index contributed by atoms with van der Waals surface area (Å²) in [5, 5.41) is 8.78. The number of aromatic nitrogens is 4. The van der Waals surface area contributed by atoms with Gasteiger partial charge in [0.25, 0.3) is 0 Å². The SMILES string of the molecule is O=C(O)c1cccc(-n2cc[nH]c2=O)c1.O=c1[nH]cc[nH]1. The zero-order valence-electron chi connectivity index (χ0n) is 10.7. The average molecular weight is 288 g/mol. The molecule has 8 nitrogen and oxygen atoms in total. The van der Waals surface area contributed by atoms with Crippen LogP contribution in [0, 0.1) is 0 Å². The number of aromatic carboxylic acids is 1. The monoisotopic (exact) mass is 288 g/mol. The van der Waals surface area contributed by atoms with Crippen molar-refractivity contribution < 1.29 is 9.90 Å². The highest BCUT2D eigenvalue weighted by molar-refractivity contribution is 5.88. The van der Waals surface area contributed by atoms with Gasteiger partial charge < -0.3 is 20.1 Å². The van der Waals surface area contributed by atoms with Crippen LogP contribution in [0.2, 0.25) is 0 Å². The first kappa shape index (κ1) is 14.1. The van der Waals surface area contributed by atoms with Gasteiger partial charge in [-0.3, -0.25) is 4.57 Å². The third-order valence-corrected chi connectivity index (χ3v) is 2.53. The van der Waals surface area contributed by atoms with Crippen molar-refractivity contribution in [1.82, 2.24) is 19.5 Å². The van der Waals surface area contributed by atoms with Crippen LogP contribution in [-0.4, -0.2) is 30.6 Å². The van der Waals surface area contributed by atoms with Crippen LogP contribution in [0.3, 0.4) is 0 Å². The van der Waals surface area contributed by atoms with E-state index in [1.54, 1.807) is 30.7 Å². The molecule has 0 aliphatic rings. The number of benzene rings is 1. The van der Waals surface area contributed by atoms with E-state index in [9.17, 15) is 14.4 Å². The summed E-state index contributed by atoms with van der Waals surface area (Å²) in [5.41, 5.74) is 0.231. The maximum Gasteiger partial charge on any atom is 0.335 e. The van der Waals surface area contributed by atoms with Crippen LogP contribution in [0.25, 0.3) is 5.69 Å². The van der Waals surface area contributed by atoms with Crippen molar-refractivity contribution in [2.24, 2.45) is 0 Å². The van der Waals surface area contributed by atoms with Crippen LogP contribution in [0.4, 0.5) is 0 Å². The van der Waals surface area contributed by atoms with E-state index in [2.05, 4.69) is 15.0 Å². The predicted octanol–water partition coefficient (Wildman–Crippen LogP) is 0.567. The molecule has 4 N–H and O–H groups in total. The molecule has 0 bridgehead atoms. The van der Waals surface area contributed by atoms with Gasteiger partial charge in [0, 0.05) is 24.8 Å². The summed E-state index contributed by atoms with van der Waals surface area (Å²) in [4.78, 5) is 39.2. The number of imidazole rings is 2. The number of nitrogens with one attached hydrogen (secondary N) is 3. The van der Waals surface area contributed by atoms with E-state index < -0.39 is 5.97 Å². The van der Waals surface area contributed by atoms with E-state index in [0.29, 0.717) is 5.69 Å². The van der Waals surface area contributed by atoms with Gasteiger partial charge in [0.15, 0.2) is 0 Å². The summed E-state index contributed by atoms with van der Waals surface area (Å²) in [6.07, 6.45) is 6.13. The zero-order valence-corrected chi connectivity index (χ0v) is 10.7. The minimum Gasteiger partial charge on any atom is -0.478 e. The molecule has 0 aliphatic carbocycles. The molecule has 108 valence electrons. The second-order valence-electron chi connectivity index (χ2n) is 3.94. The first-order chi connectivity index (χ1) is 10.1. The summed E-state index contributed by atoms with van der Waals surface area (Å²) < 4.78 is 1.34. The molecule has 0 saturated heterocycles. The maximum absolute atomic E-state index is 11.3. The van der Waals surface area contributed by atoms with Gasteiger partial charge in [0.2, 0.25) is 0 Å². The third-order valence-electron chi connectivity index (χ3n) is 2.53. The fraction of sp³-hybridized carbons (Fsp3) is 0. The van der Waals surface area contributed by atoms with E-state index in [1.165, 1.54) is 22.9 Å². The second-order valence-corrected chi connectivity index (χ2v) is 3.94. The highest BCUT2D eigenvalue weighted by Gasteiger charge is 2.05. The van der Waals surface area contributed by atoms with Gasteiger partial charge in [-0.2, -0.15) is 0 Å². The van der Waals surface area contributed by atoms with Crippen molar-refractivity contribution in [2.75, 3.05) is 0 Å². The maximum atomic E-state index is 11.3. The lowest BCUT2D eigenvalue weighted by atomic mass is 10.2. The van der Waals surface area contributed by atoms with Gasteiger partial charge >= 0.3 is 17.3 Å². The Morgan fingerprint density at radius 2 is 1.76 bits per heavy atom. The molecule has 0 atom stereocenters. The summed E-state index contributed by atoms with van der Waals surface area (Å²) in [6, 6.07) is 6.18. The second kappa shape index (κ2) is 6.24. The molecule has 21 heavy (non-hydrogen) atoms. The van der Waals surface area contributed by atoms with Gasteiger partial charge in [-0.15, -0.1) is 0 Å². The number of nitrogens with zero attached hydrogens (tertiary/aromatic N) is 1. The average Bonchev–Trinajstić information content (AvgIpc) is 3.11. The molecule has 0 radical (unpaired) electrons. The first-order valence-corrected chi connectivity index (χ1v) is 5.90. The molecule has 1 aromatic carbocycles. The van der Waals surface area contributed by atoms with Crippen LogP contribution >= 0.6 is 0 Å². The topological polar surface area (TPSA) is 124 Å². The minimum absolute atomic E-state index is 0.153. The Labute approximate surface area is 117 Å². The Hall–Kier alpha value is -3.29. The molecule has 8 heteroatoms. The van der Waals surface area contributed by atoms with Crippen LogP contribution in [-0.2, 0) is 0 Å². The van der Waals surface area contributed by atoms with Crippen molar-refractivity contribution in [1.29, 1.82) is 0 Å². The number of aromatic amines is 3. The fourth-order valence-corrected chi connectivity index (χ4v) is 1.59. The quantitative estimate of drug-likeness (QED) is 0.550. The minimum atomic E-state index is -1.01. The number of hydrogen-bond donors (Lipinski definition) is 4. The summed E-state index contributed by atoms with van der Waals surface area (Å²) in [7, 11) is 0. The third kappa shape index (κ3) is 3.60. The van der Waals surface area contributed by atoms with E-state index in [1.807, 2.05) is 0 Å². The lowest BCUT2D eigenvalue weighted by Gasteiger charge is -2.01. The van der Waals surface area contributed by atoms with Crippen LogP contribution in [0.1, 0.15) is 10.4 Å². The van der Waals surface area contributed by atoms with E-state index >= 15 is 0 Å². The van der Waals surface area contributed by atoms with E-state index in [4.69, 9.17) is 5.11 Å². The first-order valence-electron chi connectivity index (χ1n) is 5.90. The number of rotatable bonds is 2. The molecule has 0 saturated carbocycles. The Bertz CT molecular complexity index is 823. The number of hydrogen-bond acceptors (Lipinski definition) is 3. The predicted molar refractivity (Wildman–Crippen MR) is 74.8 cm³/mol. The van der Waals surface area contributed by atoms with Crippen LogP contribution < -0.4 is 11.4 Å². The van der Waals surface area contributed by atoms with E-state index in [0.717, 1.165) is 0 Å².